The molecule has 0 aliphatic heterocycles. The predicted molar refractivity (Wildman–Crippen MR) is 90.5 cm³/mol. The van der Waals surface area contributed by atoms with E-state index in [4.69, 9.17) is 4.65 Å². The molecule has 0 amide bonds. The van der Waals surface area contributed by atoms with Crippen LogP contribution in [0.15, 0.2) is 30.3 Å². The van der Waals surface area contributed by atoms with E-state index >= 15 is 0 Å². The second-order valence-electron chi connectivity index (χ2n) is 6.25. The molecule has 1 N–H and O–H groups in total. The Morgan fingerprint density at radius 3 is 2.33 bits per heavy atom. The van der Waals surface area contributed by atoms with Crippen LogP contribution in [0.1, 0.15) is 33.4 Å². The Bertz CT molecular complexity index is 602. The fourth-order valence-electron chi connectivity index (χ4n) is 1.69. The molecule has 5 heteroatoms. The molecule has 112 valence electrons. The highest BCUT2D eigenvalue weighted by Gasteiger charge is 2.36. The van der Waals surface area contributed by atoms with Gasteiger partial charge in [0, 0.05) is 16.0 Å². The second kappa shape index (κ2) is 5.91. The number of aliphatic hydroxyl groups is 1. The SMILES string of the molecule is Cc1nc(-c2ccccc2)sc1BOC(C)(C)C(C)(C)O. The average Bonchev–Trinajstić information content (AvgIpc) is 2.78. The van der Waals surface area contributed by atoms with Gasteiger partial charge in [0.1, 0.15) is 5.01 Å². The van der Waals surface area contributed by atoms with E-state index in [1.54, 1.807) is 25.2 Å². The monoisotopic (exact) mass is 303 g/mol. The summed E-state index contributed by atoms with van der Waals surface area (Å²) in [6.45, 7) is 9.34. The van der Waals surface area contributed by atoms with Gasteiger partial charge in [-0.3, -0.25) is 0 Å². The molecular formula is C16H22BNO2S. The van der Waals surface area contributed by atoms with Crippen molar-refractivity contribution in [2.75, 3.05) is 0 Å². The molecule has 0 unspecified atom stereocenters. The first-order chi connectivity index (χ1) is 9.71. The first kappa shape index (κ1) is 16.2. The van der Waals surface area contributed by atoms with Crippen LogP contribution in [0.5, 0.6) is 0 Å². The van der Waals surface area contributed by atoms with Gasteiger partial charge in [-0.2, -0.15) is 0 Å². The van der Waals surface area contributed by atoms with Crippen molar-refractivity contribution in [2.45, 2.75) is 45.8 Å². The van der Waals surface area contributed by atoms with E-state index in [2.05, 4.69) is 17.1 Å². The third kappa shape index (κ3) is 3.73. The molecule has 0 atom stereocenters. The molecule has 2 rings (SSSR count). The maximum atomic E-state index is 10.1. The van der Waals surface area contributed by atoms with E-state index in [1.807, 2.05) is 39.0 Å². The first-order valence-electron chi connectivity index (χ1n) is 7.09. The molecule has 1 heterocycles. The Labute approximate surface area is 131 Å². The highest BCUT2D eigenvalue weighted by molar-refractivity contribution is 7.23. The van der Waals surface area contributed by atoms with Crippen LogP contribution in [-0.2, 0) is 4.65 Å². The van der Waals surface area contributed by atoms with Gasteiger partial charge in [-0.05, 0) is 34.6 Å². The highest BCUT2D eigenvalue weighted by atomic mass is 32.1. The minimum atomic E-state index is -0.895. The van der Waals surface area contributed by atoms with Crippen molar-refractivity contribution in [3.05, 3.63) is 36.0 Å². The number of rotatable bonds is 5. The molecule has 3 nitrogen and oxygen atoms in total. The maximum absolute atomic E-state index is 10.1. The lowest BCUT2D eigenvalue weighted by Crippen LogP contribution is -2.49. The van der Waals surface area contributed by atoms with Crippen LogP contribution in [0.4, 0.5) is 0 Å². The molecule has 0 aliphatic rings. The summed E-state index contributed by atoms with van der Waals surface area (Å²) >= 11 is 1.65. The minimum Gasteiger partial charge on any atom is -0.426 e. The number of thiazole rings is 1. The summed E-state index contributed by atoms with van der Waals surface area (Å²) in [6, 6.07) is 10.1. The number of hydrogen-bond donors (Lipinski definition) is 1. The molecule has 0 saturated carbocycles. The highest BCUT2D eigenvalue weighted by Crippen LogP contribution is 2.25. The predicted octanol–water partition coefficient (Wildman–Crippen LogP) is 2.66. The van der Waals surface area contributed by atoms with Gasteiger partial charge in [-0.1, -0.05) is 30.3 Å². The van der Waals surface area contributed by atoms with Crippen molar-refractivity contribution >= 4 is 23.6 Å². The second-order valence-corrected chi connectivity index (χ2v) is 7.34. The van der Waals surface area contributed by atoms with Gasteiger partial charge in [0.05, 0.1) is 11.2 Å². The van der Waals surface area contributed by atoms with Crippen LogP contribution < -0.4 is 4.78 Å². The van der Waals surface area contributed by atoms with E-state index in [1.165, 1.54) is 0 Å². The standard InChI is InChI=1S/C16H22BNO2S/c1-11-13(17-20-16(4,5)15(2,3)19)21-14(18-11)12-9-7-6-8-10-12/h6-10,17,19H,1-5H3. The summed E-state index contributed by atoms with van der Waals surface area (Å²) in [7, 11) is 0.466. The molecule has 0 aliphatic carbocycles. The number of aryl methyl sites for hydroxylation is 1. The number of aromatic nitrogens is 1. The maximum Gasteiger partial charge on any atom is 0.321 e. The van der Waals surface area contributed by atoms with Crippen LogP contribution in [0, 0.1) is 6.92 Å². The van der Waals surface area contributed by atoms with Crippen LogP contribution in [-0.4, -0.2) is 28.8 Å². The minimum absolute atomic E-state index is 0.466. The zero-order valence-electron chi connectivity index (χ0n) is 13.3. The summed E-state index contributed by atoms with van der Waals surface area (Å²) in [5, 5.41) is 11.1. The van der Waals surface area contributed by atoms with E-state index in [0.29, 0.717) is 7.48 Å². The van der Waals surface area contributed by atoms with E-state index in [0.717, 1.165) is 21.0 Å². The van der Waals surface area contributed by atoms with Gasteiger partial charge in [0.15, 0.2) is 0 Å². The number of benzene rings is 1. The summed E-state index contributed by atoms with van der Waals surface area (Å²) in [5.74, 6) is 0. The molecule has 0 spiro atoms. The number of nitrogens with zero attached hydrogens (tertiary/aromatic N) is 1. The van der Waals surface area contributed by atoms with Gasteiger partial charge in [-0.15, -0.1) is 11.3 Å². The lowest BCUT2D eigenvalue weighted by molar-refractivity contribution is -0.0892. The summed E-state index contributed by atoms with van der Waals surface area (Å²) in [6.07, 6.45) is 0. The van der Waals surface area contributed by atoms with Crippen LogP contribution in [0.25, 0.3) is 10.6 Å². The molecule has 0 saturated heterocycles. The summed E-state index contributed by atoms with van der Waals surface area (Å²) < 4.78 is 7.03. The zero-order valence-corrected chi connectivity index (χ0v) is 14.1. The van der Waals surface area contributed by atoms with Gasteiger partial charge in [0.2, 0.25) is 0 Å². The van der Waals surface area contributed by atoms with Crippen molar-refractivity contribution in [1.82, 2.24) is 4.98 Å². The normalized spacial score (nSPS) is 12.5. The first-order valence-corrected chi connectivity index (χ1v) is 7.90. The smallest absolute Gasteiger partial charge is 0.321 e. The Balaban J connectivity index is 2.14. The van der Waals surface area contributed by atoms with E-state index in [-0.39, 0.29) is 0 Å². The average molecular weight is 303 g/mol. The fraction of sp³-hybridized carbons (Fsp3) is 0.438. The summed E-state index contributed by atoms with van der Waals surface area (Å²) in [4.78, 5) is 4.62. The Hall–Kier alpha value is -1.17. The van der Waals surface area contributed by atoms with Crippen LogP contribution in [0.2, 0.25) is 0 Å². The topological polar surface area (TPSA) is 42.4 Å². The third-order valence-electron chi connectivity index (χ3n) is 3.95. The Kier molecular flexibility index (Phi) is 4.56. The van der Waals surface area contributed by atoms with Gasteiger partial charge >= 0.3 is 7.48 Å². The molecule has 0 radical (unpaired) electrons. The fourth-order valence-corrected chi connectivity index (χ4v) is 2.67. The van der Waals surface area contributed by atoms with Gasteiger partial charge < -0.3 is 9.76 Å². The van der Waals surface area contributed by atoms with Gasteiger partial charge in [0.25, 0.3) is 0 Å². The quantitative estimate of drug-likeness (QED) is 0.864. The van der Waals surface area contributed by atoms with Crippen molar-refractivity contribution in [1.29, 1.82) is 0 Å². The molecule has 1 aromatic carbocycles. The van der Waals surface area contributed by atoms with Crippen molar-refractivity contribution < 1.29 is 9.76 Å². The van der Waals surface area contributed by atoms with Crippen molar-refractivity contribution in [3.8, 4) is 10.6 Å². The van der Waals surface area contributed by atoms with E-state index in [9.17, 15) is 5.11 Å². The van der Waals surface area contributed by atoms with Crippen LogP contribution in [0.3, 0.4) is 0 Å². The molecule has 2 aromatic rings. The Morgan fingerprint density at radius 2 is 1.76 bits per heavy atom. The van der Waals surface area contributed by atoms with Gasteiger partial charge in [-0.25, -0.2) is 4.98 Å². The number of hydrogen-bond acceptors (Lipinski definition) is 4. The lowest BCUT2D eigenvalue weighted by Gasteiger charge is -2.37. The lowest BCUT2D eigenvalue weighted by atomic mass is 9.86. The molecular weight excluding hydrogens is 281 g/mol. The van der Waals surface area contributed by atoms with Crippen molar-refractivity contribution in [3.63, 3.8) is 0 Å². The Morgan fingerprint density at radius 1 is 1.14 bits per heavy atom. The molecule has 1 aromatic heterocycles. The molecule has 0 bridgehead atoms. The largest absolute Gasteiger partial charge is 0.426 e. The molecule has 21 heavy (non-hydrogen) atoms. The summed E-state index contributed by atoms with van der Waals surface area (Å²) in [5.41, 5.74) is 0.605. The van der Waals surface area contributed by atoms with Crippen LogP contribution >= 0.6 is 11.3 Å². The zero-order chi connectivity index (χ0) is 15.7. The molecule has 0 fully saturated rings. The van der Waals surface area contributed by atoms with E-state index < -0.39 is 11.2 Å². The third-order valence-corrected chi connectivity index (χ3v) is 5.13. The van der Waals surface area contributed by atoms with Crippen molar-refractivity contribution in [2.24, 2.45) is 0 Å².